The number of imide groups is 1. The highest BCUT2D eigenvalue weighted by Crippen LogP contribution is 2.23. The van der Waals surface area contributed by atoms with Gasteiger partial charge in [-0.2, -0.15) is 0 Å². The third-order valence-corrected chi connectivity index (χ3v) is 5.08. The Morgan fingerprint density at radius 2 is 1.45 bits per heavy atom. The van der Waals surface area contributed by atoms with Crippen molar-refractivity contribution in [2.45, 2.75) is 39.7 Å². The van der Waals surface area contributed by atoms with Crippen molar-refractivity contribution in [3.05, 3.63) is 71.3 Å². The Balaban J connectivity index is 1.67. The van der Waals surface area contributed by atoms with E-state index < -0.39 is 23.8 Å². The van der Waals surface area contributed by atoms with E-state index in [0.717, 1.165) is 5.56 Å². The van der Waals surface area contributed by atoms with Crippen molar-refractivity contribution in [2.24, 2.45) is 11.8 Å². The summed E-state index contributed by atoms with van der Waals surface area (Å²) in [5.41, 5.74) is 1.38. The van der Waals surface area contributed by atoms with Gasteiger partial charge in [-0.25, -0.2) is 4.79 Å². The fourth-order valence-electron chi connectivity index (χ4n) is 3.46. The largest absolute Gasteiger partial charge is 0.355 e. The van der Waals surface area contributed by atoms with Gasteiger partial charge in [0, 0.05) is 5.92 Å². The number of amides is 3. The molecular weight excluding hydrogens is 396 g/mol. The monoisotopic (exact) mass is 422 g/mol. The van der Waals surface area contributed by atoms with Crippen LogP contribution < -0.4 is 5.32 Å². The van der Waals surface area contributed by atoms with Crippen LogP contribution >= 0.6 is 0 Å². The maximum Gasteiger partial charge on any atom is 0.355 e. The van der Waals surface area contributed by atoms with E-state index in [2.05, 4.69) is 5.32 Å². The van der Waals surface area contributed by atoms with Crippen molar-refractivity contribution in [3.63, 3.8) is 0 Å². The van der Waals surface area contributed by atoms with Crippen LogP contribution in [0.2, 0.25) is 0 Å². The smallest absolute Gasteiger partial charge is 0.342 e. The van der Waals surface area contributed by atoms with Gasteiger partial charge in [0.2, 0.25) is 5.91 Å². The molecule has 7 nitrogen and oxygen atoms in total. The number of hydrogen-bond acceptors (Lipinski definition) is 5. The van der Waals surface area contributed by atoms with Crippen LogP contribution in [0, 0.1) is 11.8 Å². The quantitative estimate of drug-likeness (QED) is 0.660. The first-order chi connectivity index (χ1) is 14.8. The van der Waals surface area contributed by atoms with Gasteiger partial charge in [0.25, 0.3) is 11.8 Å². The zero-order valence-electron chi connectivity index (χ0n) is 17.8. The van der Waals surface area contributed by atoms with E-state index in [1.165, 1.54) is 12.1 Å². The average Bonchev–Trinajstić information content (AvgIpc) is 2.98. The Kier molecular flexibility index (Phi) is 6.84. The lowest BCUT2D eigenvalue weighted by atomic mass is 9.98. The Hall–Kier alpha value is -3.48. The van der Waals surface area contributed by atoms with Crippen LogP contribution in [0.5, 0.6) is 0 Å². The maximum atomic E-state index is 12.8. The summed E-state index contributed by atoms with van der Waals surface area (Å²) in [6.45, 7) is 5.59. The second kappa shape index (κ2) is 9.55. The second-order valence-corrected chi connectivity index (χ2v) is 8.14. The third-order valence-electron chi connectivity index (χ3n) is 5.08. The van der Waals surface area contributed by atoms with Crippen LogP contribution in [0.4, 0.5) is 0 Å². The summed E-state index contributed by atoms with van der Waals surface area (Å²) in [5, 5.41) is 3.20. The molecule has 0 saturated carbocycles. The minimum Gasteiger partial charge on any atom is -0.342 e. The predicted octanol–water partition coefficient (Wildman–Crippen LogP) is 3.15. The number of rotatable bonds is 8. The van der Waals surface area contributed by atoms with Gasteiger partial charge >= 0.3 is 5.97 Å². The Morgan fingerprint density at radius 1 is 0.903 bits per heavy atom. The molecule has 1 heterocycles. The van der Waals surface area contributed by atoms with Crippen LogP contribution in [-0.4, -0.2) is 34.8 Å². The van der Waals surface area contributed by atoms with Gasteiger partial charge < -0.3 is 10.2 Å². The Morgan fingerprint density at radius 3 is 2.00 bits per heavy atom. The third kappa shape index (κ3) is 5.17. The summed E-state index contributed by atoms with van der Waals surface area (Å²) in [6, 6.07) is 14.9. The summed E-state index contributed by atoms with van der Waals surface area (Å²) in [4.78, 5) is 55.6. The van der Waals surface area contributed by atoms with Gasteiger partial charge in [0.15, 0.2) is 0 Å². The highest BCUT2D eigenvalue weighted by molar-refractivity contribution is 6.20. The van der Waals surface area contributed by atoms with E-state index in [9.17, 15) is 19.2 Å². The van der Waals surface area contributed by atoms with Crippen LogP contribution in [0.3, 0.4) is 0 Å². The molecule has 1 aliphatic heterocycles. The molecule has 2 aromatic carbocycles. The molecule has 2 aromatic rings. The number of fused-ring (bicyclic) bond motifs is 1. The van der Waals surface area contributed by atoms with Crippen molar-refractivity contribution in [3.8, 4) is 0 Å². The van der Waals surface area contributed by atoms with Gasteiger partial charge in [0.1, 0.15) is 6.04 Å². The first-order valence-corrected chi connectivity index (χ1v) is 10.3. The summed E-state index contributed by atoms with van der Waals surface area (Å²) in [7, 11) is 0. The number of nitrogens with zero attached hydrogens (tertiary/aromatic N) is 1. The summed E-state index contributed by atoms with van der Waals surface area (Å²) >= 11 is 0. The van der Waals surface area contributed by atoms with E-state index in [0.29, 0.717) is 17.9 Å². The van der Waals surface area contributed by atoms with E-state index in [-0.39, 0.29) is 28.9 Å². The average molecular weight is 422 g/mol. The molecule has 0 spiro atoms. The van der Waals surface area contributed by atoms with Crippen molar-refractivity contribution < 1.29 is 24.0 Å². The van der Waals surface area contributed by atoms with Crippen LogP contribution in [0.15, 0.2) is 54.6 Å². The Bertz CT molecular complexity index is 951. The SMILES string of the molecule is CC(C)CC(NC(=O)[C@@H](C)Cc1ccccc1)C(=O)ON1C(=O)c2ccccc2C1=O. The number of carbonyl (C=O) groups is 4. The topological polar surface area (TPSA) is 92.8 Å². The second-order valence-electron chi connectivity index (χ2n) is 8.14. The zero-order chi connectivity index (χ0) is 22.5. The van der Waals surface area contributed by atoms with E-state index in [1.54, 1.807) is 19.1 Å². The maximum absolute atomic E-state index is 12.8. The van der Waals surface area contributed by atoms with Crippen molar-refractivity contribution in [2.75, 3.05) is 0 Å². The molecule has 3 rings (SSSR count). The highest BCUT2D eigenvalue weighted by atomic mass is 16.7. The first-order valence-electron chi connectivity index (χ1n) is 10.3. The summed E-state index contributed by atoms with van der Waals surface area (Å²) in [6.07, 6.45) is 0.834. The lowest BCUT2D eigenvalue weighted by Gasteiger charge is -2.23. The number of nitrogens with one attached hydrogen (secondary N) is 1. The van der Waals surface area contributed by atoms with Crippen LogP contribution in [-0.2, 0) is 20.8 Å². The molecule has 0 fully saturated rings. The van der Waals surface area contributed by atoms with Gasteiger partial charge in [-0.15, -0.1) is 0 Å². The summed E-state index contributed by atoms with van der Waals surface area (Å²) in [5.74, 6) is -2.83. The molecule has 1 unspecified atom stereocenters. The molecule has 0 aliphatic carbocycles. The first kappa shape index (κ1) is 22.2. The fourth-order valence-corrected chi connectivity index (χ4v) is 3.46. The van der Waals surface area contributed by atoms with Crippen molar-refractivity contribution in [1.29, 1.82) is 0 Å². The minimum atomic E-state index is -0.977. The molecule has 31 heavy (non-hydrogen) atoms. The van der Waals surface area contributed by atoms with Gasteiger partial charge in [-0.1, -0.05) is 68.3 Å². The van der Waals surface area contributed by atoms with Crippen molar-refractivity contribution >= 4 is 23.7 Å². The molecule has 162 valence electrons. The normalized spacial score (nSPS) is 14.9. The standard InChI is InChI=1S/C24H26N2O5/c1-15(2)13-20(25-21(27)16(3)14-17-9-5-4-6-10-17)24(30)31-26-22(28)18-11-7-8-12-19(18)23(26)29/h4-12,15-16,20H,13-14H2,1-3H3,(H,25,27)/t16-,20?/m0/s1. The van der Waals surface area contributed by atoms with Crippen LogP contribution in [0.1, 0.15) is 53.5 Å². The van der Waals surface area contributed by atoms with Gasteiger partial charge in [-0.3, -0.25) is 14.4 Å². The predicted molar refractivity (Wildman–Crippen MR) is 114 cm³/mol. The fraction of sp³-hybridized carbons (Fsp3) is 0.333. The van der Waals surface area contributed by atoms with Crippen LogP contribution in [0.25, 0.3) is 0 Å². The Labute approximate surface area is 181 Å². The molecule has 0 saturated heterocycles. The highest BCUT2D eigenvalue weighted by Gasteiger charge is 2.40. The molecule has 7 heteroatoms. The molecule has 1 N–H and O–H groups in total. The minimum absolute atomic E-state index is 0.0736. The molecule has 1 aliphatic rings. The number of benzene rings is 2. The lowest BCUT2D eigenvalue weighted by molar-refractivity contribution is -0.172. The molecule has 0 bridgehead atoms. The molecule has 3 amide bonds. The number of hydrogen-bond donors (Lipinski definition) is 1. The molecular formula is C24H26N2O5. The van der Waals surface area contributed by atoms with E-state index >= 15 is 0 Å². The van der Waals surface area contributed by atoms with Crippen molar-refractivity contribution in [1.82, 2.24) is 10.4 Å². The van der Waals surface area contributed by atoms with E-state index in [4.69, 9.17) is 4.84 Å². The molecule has 0 aromatic heterocycles. The zero-order valence-corrected chi connectivity index (χ0v) is 17.8. The lowest BCUT2D eigenvalue weighted by Crippen LogP contribution is -2.47. The number of hydroxylamine groups is 2. The van der Waals surface area contributed by atoms with E-state index in [1.807, 2.05) is 44.2 Å². The number of carbonyl (C=O) groups excluding carboxylic acids is 4. The van der Waals surface area contributed by atoms with Gasteiger partial charge in [-0.05, 0) is 36.5 Å². The molecule has 2 atom stereocenters. The van der Waals surface area contributed by atoms with Gasteiger partial charge in [0.05, 0.1) is 11.1 Å². The summed E-state index contributed by atoms with van der Waals surface area (Å²) < 4.78 is 0. The molecule has 0 radical (unpaired) electrons.